The Bertz CT molecular complexity index is 1030. The van der Waals surface area contributed by atoms with Crippen molar-refractivity contribution in [2.24, 2.45) is 22.7 Å². The molecule has 33 heavy (non-hydrogen) atoms. The van der Waals surface area contributed by atoms with E-state index in [1.54, 1.807) is 0 Å². The molecule has 1 aromatic rings. The zero-order chi connectivity index (χ0) is 24.0. The second kappa shape index (κ2) is 8.60. The summed E-state index contributed by atoms with van der Waals surface area (Å²) >= 11 is 0. The average Bonchev–Trinajstić information content (AvgIpc) is 3.22. The summed E-state index contributed by atoms with van der Waals surface area (Å²) in [5.74, 6) is -0.319. The molecular weight excluding hydrogens is 444 g/mol. The van der Waals surface area contributed by atoms with Crippen LogP contribution in [-0.4, -0.2) is 53.8 Å². The summed E-state index contributed by atoms with van der Waals surface area (Å²) in [6, 6.07) is 9.37. The lowest BCUT2D eigenvalue weighted by molar-refractivity contribution is -0.140. The SMILES string of the molecule is CC1(C)C2CCC1(CS(=O)(=O)O)C(=O)C2.O=C1[C@H]2CCCN[C@@H]2C(=O)N1Cc1ccccc1. The van der Waals surface area contributed by atoms with Crippen LogP contribution < -0.4 is 5.32 Å². The van der Waals surface area contributed by atoms with Gasteiger partial charge in [0.1, 0.15) is 5.78 Å². The van der Waals surface area contributed by atoms with Crippen LogP contribution in [0, 0.1) is 22.7 Å². The number of benzene rings is 1. The quantitative estimate of drug-likeness (QED) is 0.505. The van der Waals surface area contributed by atoms with Gasteiger partial charge in [-0.3, -0.25) is 23.8 Å². The third-order valence-electron chi connectivity index (χ3n) is 8.33. The van der Waals surface area contributed by atoms with Crippen LogP contribution in [0.3, 0.4) is 0 Å². The molecule has 1 aromatic carbocycles. The third-order valence-corrected chi connectivity index (χ3v) is 9.18. The molecular formula is C24H32N2O6S. The number of hydrogen-bond acceptors (Lipinski definition) is 6. The first kappa shape index (κ1) is 24.0. The monoisotopic (exact) mass is 476 g/mol. The van der Waals surface area contributed by atoms with E-state index in [9.17, 15) is 22.8 Å². The van der Waals surface area contributed by atoms with Gasteiger partial charge in [-0.25, -0.2) is 0 Å². The molecule has 0 spiro atoms. The Morgan fingerprint density at radius 2 is 1.79 bits per heavy atom. The van der Waals surface area contributed by atoms with Gasteiger partial charge in [0.25, 0.3) is 10.1 Å². The number of nitrogens with one attached hydrogen (secondary N) is 1. The van der Waals surface area contributed by atoms with Crippen molar-refractivity contribution in [3.05, 3.63) is 35.9 Å². The second-order valence-electron chi connectivity index (χ2n) is 10.3. The third kappa shape index (κ3) is 4.26. The molecule has 4 aliphatic rings. The first-order chi connectivity index (χ1) is 15.5. The van der Waals surface area contributed by atoms with Crippen molar-refractivity contribution in [2.45, 2.75) is 58.5 Å². The summed E-state index contributed by atoms with van der Waals surface area (Å²) in [4.78, 5) is 37.7. The minimum absolute atomic E-state index is 0.0129. The van der Waals surface area contributed by atoms with Crippen molar-refractivity contribution in [3.63, 3.8) is 0 Å². The van der Waals surface area contributed by atoms with Crippen LogP contribution in [0.5, 0.6) is 0 Å². The number of nitrogens with zero attached hydrogens (tertiary/aromatic N) is 1. The molecule has 0 radical (unpaired) electrons. The zero-order valence-electron chi connectivity index (χ0n) is 19.1. The molecule has 9 heteroatoms. The highest BCUT2D eigenvalue weighted by Gasteiger charge is 2.65. The van der Waals surface area contributed by atoms with Gasteiger partial charge in [-0.2, -0.15) is 8.42 Å². The molecule has 0 aromatic heterocycles. The number of imide groups is 1. The Balaban J connectivity index is 0.000000160. The number of ketones is 1. The normalized spacial score (nSPS) is 32.5. The van der Waals surface area contributed by atoms with E-state index < -0.39 is 21.3 Å². The summed E-state index contributed by atoms with van der Waals surface area (Å²) in [5.41, 5.74) is -0.122. The molecule has 4 fully saturated rings. The smallest absolute Gasteiger partial charge is 0.265 e. The number of carbonyl (C=O) groups is 3. The Kier molecular flexibility index (Phi) is 6.26. The van der Waals surface area contributed by atoms with E-state index in [0.29, 0.717) is 19.4 Å². The van der Waals surface area contributed by atoms with Crippen LogP contribution in [0.2, 0.25) is 0 Å². The summed E-state index contributed by atoms with van der Waals surface area (Å²) in [7, 11) is -4.08. The molecule has 8 nitrogen and oxygen atoms in total. The Morgan fingerprint density at radius 3 is 2.33 bits per heavy atom. The number of fused-ring (bicyclic) bond motifs is 3. The fourth-order valence-electron chi connectivity index (χ4n) is 6.23. The predicted molar refractivity (Wildman–Crippen MR) is 121 cm³/mol. The first-order valence-corrected chi connectivity index (χ1v) is 13.2. The largest absolute Gasteiger partial charge is 0.305 e. The number of amides is 2. The van der Waals surface area contributed by atoms with Crippen LogP contribution in [0.15, 0.2) is 30.3 Å². The standard InChI is InChI=1S/C14H16N2O2.C10H16O4S/c17-13-11-7-4-8-15-12(11)14(18)16(13)9-10-5-2-1-3-6-10;1-9(2)7-3-4-10(9,8(11)5-7)6-15(12,13)14/h1-3,5-6,11-12,15H,4,7-9H2;7H,3-6H2,1-2H3,(H,12,13,14)/t11-,12-;/m0./s1. The van der Waals surface area contributed by atoms with Crippen LogP contribution in [0.4, 0.5) is 0 Å². The van der Waals surface area contributed by atoms with Crippen molar-refractivity contribution in [3.8, 4) is 0 Å². The number of piperidine rings is 1. The topological polar surface area (TPSA) is 121 Å². The van der Waals surface area contributed by atoms with Crippen molar-refractivity contribution in [1.82, 2.24) is 10.2 Å². The molecule has 2 heterocycles. The molecule has 2 amide bonds. The van der Waals surface area contributed by atoms with E-state index in [4.69, 9.17) is 4.55 Å². The maximum absolute atomic E-state index is 12.2. The summed E-state index contributed by atoms with van der Waals surface area (Å²) in [5, 5.41) is 3.16. The van der Waals surface area contributed by atoms with E-state index in [1.807, 2.05) is 44.2 Å². The molecule has 5 rings (SSSR count). The van der Waals surface area contributed by atoms with E-state index >= 15 is 0 Å². The number of carbonyl (C=O) groups excluding carboxylic acids is 3. The maximum atomic E-state index is 12.2. The van der Waals surface area contributed by atoms with Gasteiger partial charge >= 0.3 is 0 Å². The van der Waals surface area contributed by atoms with E-state index in [2.05, 4.69) is 5.32 Å². The van der Waals surface area contributed by atoms with Gasteiger partial charge in [-0.05, 0) is 49.1 Å². The molecule has 2 saturated carbocycles. The van der Waals surface area contributed by atoms with Crippen molar-refractivity contribution in [2.75, 3.05) is 12.3 Å². The Labute approximate surface area is 194 Å². The van der Waals surface area contributed by atoms with Gasteiger partial charge in [0.15, 0.2) is 0 Å². The summed E-state index contributed by atoms with van der Waals surface area (Å²) in [6.07, 6.45) is 3.77. The number of Topliss-reactive ketones (excluding diaryl/α,β-unsaturated/α-hetero) is 1. The molecule has 2 bridgehead atoms. The zero-order valence-corrected chi connectivity index (χ0v) is 19.9. The molecule has 180 valence electrons. The molecule has 2 unspecified atom stereocenters. The fourth-order valence-corrected chi connectivity index (χ4v) is 7.53. The van der Waals surface area contributed by atoms with Crippen LogP contribution >= 0.6 is 0 Å². The lowest BCUT2D eigenvalue weighted by Gasteiger charge is -2.35. The lowest BCUT2D eigenvalue weighted by Crippen LogP contribution is -2.44. The van der Waals surface area contributed by atoms with Gasteiger partial charge in [0.05, 0.1) is 29.7 Å². The first-order valence-electron chi connectivity index (χ1n) is 11.6. The number of hydrogen-bond donors (Lipinski definition) is 2. The van der Waals surface area contributed by atoms with Gasteiger partial charge in [0, 0.05) is 6.42 Å². The maximum Gasteiger partial charge on any atom is 0.265 e. The molecule has 2 N–H and O–H groups in total. The summed E-state index contributed by atoms with van der Waals surface area (Å²) < 4.78 is 31.0. The Hall–Kier alpha value is -2.10. The van der Waals surface area contributed by atoms with Crippen molar-refractivity contribution in [1.29, 1.82) is 0 Å². The lowest BCUT2D eigenvalue weighted by atomic mass is 9.70. The average molecular weight is 477 g/mol. The van der Waals surface area contributed by atoms with Crippen LogP contribution in [0.1, 0.15) is 51.5 Å². The van der Waals surface area contributed by atoms with Gasteiger partial charge in [-0.15, -0.1) is 0 Å². The molecule has 4 atom stereocenters. The number of likely N-dealkylation sites (tertiary alicyclic amines) is 1. The van der Waals surface area contributed by atoms with Crippen molar-refractivity contribution < 1.29 is 27.4 Å². The van der Waals surface area contributed by atoms with E-state index in [-0.39, 0.29) is 40.9 Å². The summed E-state index contributed by atoms with van der Waals surface area (Å²) in [6.45, 7) is 5.12. The fraction of sp³-hybridized carbons (Fsp3) is 0.625. The van der Waals surface area contributed by atoms with E-state index in [1.165, 1.54) is 4.90 Å². The Morgan fingerprint density at radius 1 is 1.09 bits per heavy atom. The highest BCUT2D eigenvalue weighted by atomic mass is 32.2. The van der Waals surface area contributed by atoms with Gasteiger partial charge < -0.3 is 5.32 Å². The van der Waals surface area contributed by atoms with E-state index in [0.717, 1.165) is 31.4 Å². The predicted octanol–water partition coefficient (Wildman–Crippen LogP) is 2.19. The number of rotatable bonds is 4. The highest BCUT2D eigenvalue weighted by Crippen LogP contribution is 2.64. The van der Waals surface area contributed by atoms with Crippen molar-refractivity contribution >= 4 is 27.7 Å². The molecule has 2 saturated heterocycles. The van der Waals surface area contributed by atoms with Crippen LogP contribution in [0.25, 0.3) is 0 Å². The molecule has 2 aliphatic carbocycles. The minimum Gasteiger partial charge on any atom is -0.305 e. The van der Waals surface area contributed by atoms with Gasteiger partial charge in [0.2, 0.25) is 11.8 Å². The second-order valence-corrected chi connectivity index (χ2v) is 11.8. The molecule has 2 aliphatic heterocycles. The van der Waals surface area contributed by atoms with Crippen LogP contribution in [-0.2, 0) is 31.0 Å². The van der Waals surface area contributed by atoms with Gasteiger partial charge in [-0.1, -0.05) is 44.2 Å². The highest BCUT2D eigenvalue weighted by molar-refractivity contribution is 7.85. The minimum atomic E-state index is -4.08.